The van der Waals surface area contributed by atoms with Gasteiger partial charge in [-0.15, -0.1) is 0 Å². The molecular formula is C17H16FNS. The topological polar surface area (TPSA) is 12.9 Å². The van der Waals surface area contributed by atoms with E-state index in [9.17, 15) is 4.39 Å². The first-order valence-electron chi connectivity index (χ1n) is 6.60. The molecule has 3 aromatic rings. The Morgan fingerprint density at radius 2 is 1.65 bits per heavy atom. The van der Waals surface area contributed by atoms with Gasteiger partial charge >= 0.3 is 0 Å². The molecule has 0 amide bonds. The third-order valence-electron chi connectivity index (χ3n) is 2.62. The summed E-state index contributed by atoms with van der Waals surface area (Å²) in [5.41, 5.74) is 0.426. The van der Waals surface area contributed by atoms with Gasteiger partial charge in [0.25, 0.3) is 0 Å². The maximum Gasteiger partial charge on any atom is 0.149 e. The van der Waals surface area contributed by atoms with E-state index in [2.05, 4.69) is 4.98 Å². The summed E-state index contributed by atoms with van der Waals surface area (Å²) in [6.45, 7) is 4.00. The Hall–Kier alpha value is -1.87. The van der Waals surface area contributed by atoms with Gasteiger partial charge < -0.3 is 0 Å². The second kappa shape index (κ2) is 7.06. The van der Waals surface area contributed by atoms with Crippen LogP contribution in [0.1, 0.15) is 13.8 Å². The summed E-state index contributed by atoms with van der Waals surface area (Å²) < 4.78 is 13.5. The van der Waals surface area contributed by atoms with Gasteiger partial charge in [0.1, 0.15) is 11.3 Å². The lowest BCUT2D eigenvalue weighted by Crippen LogP contribution is -1.84. The highest BCUT2D eigenvalue weighted by Crippen LogP contribution is 2.29. The minimum absolute atomic E-state index is 0.274. The molecular weight excluding hydrogens is 269 g/mol. The second-order valence-corrected chi connectivity index (χ2v) is 5.04. The molecule has 0 radical (unpaired) electrons. The van der Waals surface area contributed by atoms with Crippen LogP contribution in [0.25, 0.3) is 10.9 Å². The number of hydrogen-bond donors (Lipinski definition) is 0. The van der Waals surface area contributed by atoms with Crippen molar-refractivity contribution >= 4 is 22.7 Å². The zero-order valence-corrected chi connectivity index (χ0v) is 12.3. The van der Waals surface area contributed by atoms with Crippen molar-refractivity contribution in [3.05, 3.63) is 66.6 Å². The summed E-state index contributed by atoms with van der Waals surface area (Å²) in [7, 11) is 0. The Morgan fingerprint density at radius 3 is 2.40 bits per heavy atom. The van der Waals surface area contributed by atoms with Crippen LogP contribution in [-0.4, -0.2) is 4.98 Å². The van der Waals surface area contributed by atoms with Crippen LogP contribution < -0.4 is 0 Å². The maximum atomic E-state index is 13.5. The molecule has 0 aliphatic rings. The fraction of sp³-hybridized carbons (Fsp3) is 0.118. The van der Waals surface area contributed by atoms with Crippen molar-refractivity contribution in [1.82, 2.24) is 4.98 Å². The zero-order chi connectivity index (χ0) is 14.4. The van der Waals surface area contributed by atoms with Crippen LogP contribution in [0, 0.1) is 5.82 Å². The molecule has 1 heterocycles. The summed E-state index contributed by atoms with van der Waals surface area (Å²) in [6.07, 6.45) is 1.71. The molecule has 0 bridgehead atoms. The van der Waals surface area contributed by atoms with Gasteiger partial charge in [0, 0.05) is 21.4 Å². The number of aromatic nitrogens is 1. The number of para-hydroxylation sites is 1. The summed E-state index contributed by atoms with van der Waals surface area (Å²) in [4.78, 5) is 6.34. The number of halogens is 1. The Morgan fingerprint density at radius 1 is 0.900 bits per heavy atom. The molecule has 2 aromatic carbocycles. The van der Waals surface area contributed by atoms with Gasteiger partial charge in [-0.05, 0) is 24.3 Å². The third-order valence-corrected chi connectivity index (χ3v) is 3.58. The molecule has 1 nitrogen and oxygen atoms in total. The standard InChI is InChI=1S/C15H10FNS.C2H6/c16-14-8-4-5-11-9-13(10-17-15(11)14)18-12-6-2-1-3-7-12;1-2/h1-10H;1-2H3. The van der Waals surface area contributed by atoms with Crippen LogP contribution in [-0.2, 0) is 0 Å². The van der Waals surface area contributed by atoms with Crippen LogP contribution in [0.5, 0.6) is 0 Å². The van der Waals surface area contributed by atoms with E-state index in [-0.39, 0.29) is 5.82 Å². The van der Waals surface area contributed by atoms with E-state index in [1.165, 1.54) is 6.07 Å². The summed E-state index contributed by atoms with van der Waals surface area (Å²) in [6, 6.07) is 17.0. The van der Waals surface area contributed by atoms with Crippen molar-refractivity contribution in [2.45, 2.75) is 23.6 Å². The largest absolute Gasteiger partial charge is 0.252 e. The van der Waals surface area contributed by atoms with Crippen molar-refractivity contribution in [2.24, 2.45) is 0 Å². The fourth-order valence-corrected chi connectivity index (χ4v) is 2.64. The molecule has 0 spiro atoms. The second-order valence-electron chi connectivity index (χ2n) is 3.90. The highest BCUT2D eigenvalue weighted by molar-refractivity contribution is 7.99. The van der Waals surface area contributed by atoms with E-state index in [1.54, 1.807) is 24.0 Å². The highest BCUT2D eigenvalue weighted by Gasteiger charge is 2.03. The average molecular weight is 285 g/mol. The quantitative estimate of drug-likeness (QED) is 0.612. The van der Waals surface area contributed by atoms with Crippen LogP contribution in [0.3, 0.4) is 0 Å². The van der Waals surface area contributed by atoms with Crippen molar-refractivity contribution in [3.63, 3.8) is 0 Å². The SMILES string of the molecule is CC.Fc1cccc2cc(Sc3ccccc3)cnc12. The molecule has 3 rings (SSSR count). The van der Waals surface area contributed by atoms with E-state index in [0.717, 1.165) is 15.2 Å². The Balaban J connectivity index is 0.000000704. The minimum atomic E-state index is -0.274. The monoisotopic (exact) mass is 285 g/mol. The predicted octanol–water partition coefficient (Wildman–Crippen LogP) is 5.55. The molecule has 0 unspecified atom stereocenters. The van der Waals surface area contributed by atoms with Gasteiger partial charge in [0.15, 0.2) is 0 Å². The molecule has 0 aliphatic carbocycles. The molecule has 1 aromatic heterocycles. The number of nitrogens with zero attached hydrogens (tertiary/aromatic N) is 1. The molecule has 0 saturated heterocycles. The number of hydrogen-bond acceptors (Lipinski definition) is 2. The predicted molar refractivity (Wildman–Crippen MR) is 83.6 cm³/mol. The molecule has 0 fully saturated rings. The lowest BCUT2D eigenvalue weighted by atomic mass is 10.2. The molecule has 102 valence electrons. The number of benzene rings is 2. The average Bonchev–Trinajstić information content (AvgIpc) is 2.50. The first-order chi connectivity index (χ1) is 9.83. The maximum absolute atomic E-state index is 13.5. The Kier molecular flexibility index (Phi) is 5.13. The highest BCUT2D eigenvalue weighted by atomic mass is 32.2. The normalized spacial score (nSPS) is 9.95. The Labute approximate surface area is 122 Å². The van der Waals surface area contributed by atoms with Crippen molar-refractivity contribution < 1.29 is 4.39 Å². The van der Waals surface area contributed by atoms with Gasteiger partial charge in [0.05, 0.1) is 0 Å². The fourth-order valence-electron chi connectivity index (χ4n) is 1.78. The molecule has 0 saturated carbocycles. The number of pyridine rings is 1. The van der Waals surface area contributed by atoms with E-state index < -0.39 is 0 Å². The van der Waals surface area contributed by atoms with Crippen LogP contribution >= 0.6 is 11.8 Å². The van der Waals surface area contributed by atoms with Crippen LogP contribution in [0.15, 0.2) is 70.6 Å². The molecule has 0 aliphatic heterocycles. The molecule has 3 heteroatoms. The van der Waals surface area contributed by atoms with Gasteiger partial charge in [-0.3, -0.25) is 4.98 Å². The lowest BCUT2D eigenvalue weighted by Gasteiger charge is -2.03. The first kappa shape index (κ1) is 14.5. The van der Waals surface area contributed by atoms with Gasteiger partial charge in [-0.1, -0.05) is 55.9 Å². The number of fused-ring (bicyclic) bond motifs is 1. The zero-order valence-electron chi connectivity index (χ0n) is 11.5. The van der Waals surface area contributed by atoms with E-state index in [0.29, 0.717) is 5.52 Å². The minimum Gasteiger partial charge on any atom is -0.252 e. The van der Waals surface area contributed by atoms with E-state index in [1.807, 2.05) is 56.3 Å². The molecule has 0 N–H and O–H groups in total. The van der Waals surface area contributed by atoms with E-state index >= 15 is 0 Å². The van der Waals surface area contributed by atoms with Crippen molar-refractivity contribution in [1.29, 1.82) is 0 Å². The van der Waals surface area contributed by atoms with Crippen LogP contribution in [0.4, 0.5) is 4.39 Å². The van der Waals surface area contributed by atoms with Crippen molar-refractivity contribution in [3.8, 4) is 0 Å². The number of rotatable bonds is 2. The van der Waals surface area contributed by atoms with Gasteiger partial charge in [0.2, 0.25) is 0 Å². The first-order valence-corrected chi connectivity index (χ1v) is 7.42. The smallest absolute Gasteiger partial charge is 0.149 e. The summed E-state index contributed by atoms with van der Waals surface area (Å²) >= 11 is 1.62. The van der Waals surface area contributed by atoms with Crippen molar-refractivity contribution in [2.75, 3.05) is 0 Å². The van der Waals surface area contributed by atoms with Gasteiger partial charge in [-0.2, -0.15) is 0 Å². The van der Waals surface area contributed by atoms with E-state index in [4.69, 9.17) is 0 Å². The lowest BCUT2D eigenvalue weighted by molar-refractivity contribution is 0.636. The summed E-state index contributed by atoms with van der Waals surface area (Å²) in [5.74, 6) is -0.274. The van der Waals surface area contributed by atoms with Crippen LogP contribution in [0.2, 0.25) is 0 Å². The third kappa shape index (κ3) is 3.36. The molecule has 0 atom stereocenters. The molecule has 20 heavy (non-hydrogen) atoms. The van der Waals surface area contributed by atoms with Gasteiger partial charge in [-0.25, -0.2) is 4.39 Å². The Bertz CT molecular complexity index is 683. The summed E-state index contributed by atoms with van der Waals surface area (Å²) in [5, 5.41) is 0.830.